The summed E-state index contributed by atoms with van der Waals surface area (Å²) in [4.78, 5) is 26.4. The molecule has 0 saturated heterocycles. The van der Waals surface area contributed by atoms with Crippen LogP contribution in [0.15, 0.2) is 53.7 Å². The molecule has 0 fully saturated rings. The third kappa shape index (κ3) is 3.65. The van der Waals surface area contributed by atoms with Crippen molar-refractivity contribution in [3.8, 4) is 11.5 Å². The van der Waals surface area contributed by atoms with Gasteiger partial charge in [0.2, 0.25) is 5.95 Å². The van der Waals surface area contributed by atoms with Crippen molar-refractivity contribution in [2.24, 2.45) is 0 Å². The van der Waals surface area contributed by atoms with Crippen molar-refractivity contribution >= 4 is 29.3 Å². The van der Waals surface area contributed by atoms with Gasteiger partial charge in [0.25, 0.3) is 0 Å². The Morgan fingerprint density at radius 1 is 1.03 bits per heavy atom. The number of nitrogens with zero attached hydrogens (tertiary/aromatic N) is 4. The molecule has 0 radical (unpaired) electrons. The molecule has 0 amide bonds. The molecule has 3 aromatic rings. The molecule has 2 aromatic carbocycles. The number of fused-ring (bicyclic) bond motifs is 1. The third-order valence-corrected chi connectivity index (χ3v) is 5.23. The van der Waals surface area contributed by atoms with Crippen LogP contribution in [0.3, 0.4) is 0 Å². The van der Waals surface area contributed by atoms with Crippen LogP contribution in [-0.2, 0) is 9.53 Å². The van der Waals surface area contributed by atoms with Gasteiger partial charge in [0.1, 0.15) is 11.7 Å². The smallest absolute Gasteiger partial charge is 0.355 e. The maximum Gasteiger partial charge on any atom is 0.355 e. The average Bonchev–Trinajstić information content (AvgIpc) is 3.30. The monoisotopic (exact) mass is 455 g/mol. The van der Waals surface area contributed by atoms with E-state index in [0.717, 1.165) is 0 Å². The summed E-state index contributed by atoms with van der Waals surface area (Å²) in [5.74, 6) is -0.158. The molecule has 0 aliphatic carbocycles. The van der Waals surface area contributed by atoms with E-state index in [9.17, 15) is 9.59 Å². The molecule has 1 atom stereocenters. The number of halogens is 1. The summed E-state index contributed by atoms with van der Waals surface area (Å²) >= 11 is 6.05. The standard InChI is InChI=1S/C21H18ClN5O5/c1-30-14-9-6-12(10-15(14)31-2)19(28)16-17(20(29)32-3)23-21-24-25-26-27(21)18(16)11-4-7-13(22)8-5-11/h4-10,18H,1-3H3,(H,23,24,26)/t18-/m0/s1. The van der Waals surface area contributed by atoms with E-state index in [-0.39, 0.29) is 22.8 Å². The van der Waals surface area contributed by atoms with Crippen LogP contribution in [0.2, 0.25) is 5.02 Å². The summed E-state index contributed by atoms with van der Waals surface area (Å²) in [7, 11) is 4.19. The predicted octanol–water partition coefficient (Wildman–Crippen LogP) is 2.67. The Morgan fingerprint density at radius 3 is 2.41 bits per heavy atom. The van der Waals surface area contributed by atoms with Gasteiger partial charge in [-0.3, -0.25) is 4.79 Å². The molecule has 0 saturated carbocycles. The molecule has 4 rings (SSSR count). The molecule has 11 heteroatoms. The zero-order chi connectivity index (χ0) is 22.8. The minimum atomic E-state index is -0.812. The Labute approximate surface area is 187 Å². The summed E-state index contributed by atoms with van der Waals surface area (Å²) in [6.07, 6.45) is 0. The molecule has 2 heterocycles. The van der Waals surface area contributed by atoms with E-state index >= 15 is 0 Å². The van der Waals surface area contributed by atoms with Gasteiger partial charge < -0.3 is 19.5 Å². The number of benzene rings is 2. The molecular formula is C21H18ClN5O5. The lowest BCUT2D eigenvalue weighted by Gasteiger charge is -2.28. The fourth-order valence-electron chi connectivity index (χ4n) is 3.47. The highest BCUT2D eigenvalue weighted by atomic mass is 35.5. The molecule has 0 spiro atoms. The normalized spacial score (nSPS) is 14.9. The number of carbonyl (C=O) groups is 2. The maximum atomic E-state index is 13.8. The van der Waals surface area contributed by atoms with Gasteiger partial charge >= 0.3 is 5.97 Å². The number of esters is 1. The minimum absolute atomic E-state index is 0.0606. The van der Waals surface area contributed by atoms with Gasteiger partial charge in [-0.05, 0) is 46.3 Å². The highest BCUT2D eigenvalue weighted by Crippen LogP contribution is 2.38. The second-order valence-electron chi connectivity index (χ2n) is 6.71. The fourth-order valence-corrected chi connectivity index (χ4v) is 3.60. The van der Waals surface area contributed by atoms with E-state index < -0.39 is 17.8 Å². The molecular weight excluding hydrogens is 438 g/mol. The number of ether oxygens (including phenoxy) is 3. The summed E-state index contributed by atoms with van der Waals surface area (Å²) in [5, 5.41) is 14.9. The summed E-state index contributed by atoms with van der Waals surface area (Å²) in [5.41, 5.74) is 0.965. The van der Waals surface area contributed by atoms with Crippen molar-refractivity contribution in [3.05, 3.63) is 69.9 Å². The number of allylic oxidation sites excluding steroid dienone is 1. The van der Waals surface area contributed by atoms with E-state index in [1.54, 1.807) is 36.4 Å². The molecule has 1 N–H and O–H groups in total. The maximum absolute atomic E-state index is 13.8. The molecule has 10 nitrogen and oxygen atoms in total. The van der Waals surface area contributed by atoms with Crippen LogP contribution in [0, 0.1) is 0 Å². The molecule has 1 aromatic heterocycles. The van der Waals surface area contributed by atoms with Gasteiger partial charge in [-0.1, -0.05) is 28.8 Å². The molecule has 0 bridgehead atoms. The number of tetrazole rings is 1. The fraction of sp³-hybridized carbons (Fsp3) is 0.190. The first-order chi connectivity index (χ1) is 15.5. The summed E-state index contributed by atoms with van der Waals surface area (Å²) in [6.45, 7) is 0. The number of nitrogens with one attached hydrogen (secondary N) is 1. The van der Waals surface area contributed by atoms with Crippen molar-refractivity contribution in [1.82, 2.24) is 20.2 Å². The van der Waals surface area contributed by atoms with Crippen LogP contribution in [0.1, 0.15) is 22.0 Å². The summed E-state index contributed by atoms with van der Waals surface area (Å²) < 4.78 is 16.9. The number of carbonyl (C=O) groups excluding carboxylic acids is 2. The van der Waals surface area contributed by atoms with Crippen molar-refractivity contribution in [2.45, 2.75) is 6.04 Å². The first kappa shape index (κ1) is 21.3. The molecule has 1 aliphatic rings. The van der Waals surface area contributed by atoms with E-state index in [2.05, 4.69) is 20.8 Å². The highest BCUT2D eigenvalue weighted by Gasteiger charge is 2.38. The summed E-state index contributed by atoms with van der Waals surface area (Å²) in [6, 6.07) is 10.8. The number of Topliss-reactive ketones (excluding diaryl/α,β-unsaturated/α-hetero) is 1. The minimum Gasteiger partial charge on any atom is -0.493 e. The van der Waals surface area contributed by atoms with Crippen molar-refractivity contribution in [1.29, 1.82) is 0 Å². The molecule has 0 unspecified atom stereocenters. The number of rotatable bonds is 6. The van der Waals surface area contributed by atoms with Gasteiger partial charge in [0.15, 0.2) is 17.3 Å². The van der Waals surface area contributed by atoms with Crippen molar-refractivity contribution in [3.63, 3.8) is 0 Å². The lowest BCUT2D eigenvalue weighted by Crippen LogP contribution is -2.32. The van der Waals surface area contributed by atoms with Gasteiger partial charge in [0.05, 0.1) is 26.9 Å². The Bertz CT molecular complexity index is 1220. The largest absolute Gasteiger partial charge is 0.493 e. The van der Waals surface area contributed by atoms with Crippen LogP contribution in [0.25, 0.3) is 0 Å². The second kappa shape index (κ2) is 8.67. The number of aromatic nitrogens is 4. The first-order valence-corrected chi connectivity index (χ1v) is 9.75. The zero-order valence-electron chi connectivity index (χ0n) is 17.3. The van der Waals surface area contributed by atoms with Crippen LogP contribution in [0.4, 0.5) is 5.95 Å². The van der Waals surface area contributed by atoms with Crippen LogP contribution in [0.5, 0.6) is 11.5 Å². The predicted molar refractivity (Wildman–Crippen MR) is 114 cm³/mol. The highest BCUT2D eigenvalue weighted by molar-refractivity contribution is 6.30. The SMILES string of the molecule is COC(=O)C1=C(C(=O)c2ccc(OC)c(OC)c2)[C@H](c2ccc(Cl)cc2)n2nnnc2N1. The van der Waals surface area contributed by atoms with Gasteiger partial charge in [-0.2, -0.15) is 4.68 Å². The Kier molecular flexibility index (Phi) is 5.78. The van der Waals surface area contributed by atoms with E-state index in [4.69, 9.17) is 25.8 Å². The topological polar surface area (TPSA) is 117 Å². The number of hydrogen-bond acceptors (Lipinski definition) is 9. The van der Waals surface area contributed by atoms with Crippen LogP contribution in [-0.4, -0.2) is 53.3 Å². The van der Waals surface area contributed by atoms with Gasteiger partial charge in [-0.25, -0.2) is 4.79 Å². The Morgan fingerprint density at radius 2 is 1.75 bits per heavy atom. The first-order valence-electron chi connectivity index (χ1n) is 9.38. The average molecular weight is 456 g/mol. The zero-order valence-corrected chi connectivity index (χ0v) is 18.1. The van der Waals surface area contributed by atoms with E-state index in [0.29, 0.717) is 22.1 Å². The van der Waals surface area contributed by atoms with E-state index in [1.165, 1.54) is 32.1 Å². The lowest BCUT2D eigenvalue weighted by atomic mass is 9.89. The quantitative estimate of drug-likeness (QED) is 0.442. The Balaban J connectivity index is 1.93. The second-order valence-corrected chi connectivity index (χ2v) is 7.14. The van der Waals surface area contributed by atoms with Crippen molar-refractivity contribution < 1.29 is 23.8 Å². The molecule has 164 valence electrons. The third-order valence-electron chi connectivity index (χ3n) is 4.98. The van der Waals surface area contributed by atoms with Crippen LogP contribution < -0.4 is 14.8 Å². The lowest BCUT2D eigenvalue weighted by molar-refractivity contribution is -0.136. The number of ketones is 1. The molecule has 1 aliphatic heterocycles. The van der Waals surface area contributed by atoms with Crippen LogP contribution >= 0.6 is 11.6 Å². The van der Waals surface area contributed by atoms with Gasteiger partial charge in [-0.15, -0.1) is 0 Å². The Hall–Kier alpha value is -3.92. The molecule has 32 heavy (non-hydrogen) atoms. The van der Waals surface area contributed by atoms with Gasteiger partial charge in [0, 0.05) is 10.6 Å². The van der Waals surface area contributed by atoms with E-state index in [1.807, 2.05) is 0 Å². The van der Waals surface area contributed by atoms with Crippen molar-refractivity contribution in [2.75, 3.05) is 26.6 Å². The number of anilines is 1. The number of methoxy groups -OCH3 is 3. The number of hydrogen-bond donors (Lipinski definition) is 1.